The van der Waals surface area contributed by atoms with Gasteiger partial charge in [-0.25, -0.2) is 0 Å². The minimum absolute atomic E-state index is 0.0170. The van der Waals surface area contributed by atoms with Gasteiger partial charge in [-0.15, -0.1) is 0 Å². The molecule has 0 unspecified atom stereocenters. The second-order valence-electron chi connectivity index (χ2n) is 23.1. The Morgan fingerprint density at radius 2 is 1.17 bits per heavy atom. The number of allylic oxidation sites excluding steroid dienone is 2. The second kappa shape index (κ2) is 19.3. The van der Waals surface area contributed by atoms with Crippen molar-refractivity contribution >= 4 is 5.97 Å². The van der Waals surface area contributed by atoms with Gasteiger partial charge in [-0.3, -0.25) is 4.79 Å². The first-order valence-corrected chi connectivity index (χ1v) is 24.8. The zero-order valence-electron chi connectivity index (χ0n) is 40.3. The highest BCUT2D eigenvalue weighted by atomic mass is 16.7. The maximum Gasteiger partial charge on any atom is 0.310 e. The predicted octanol–water partition coefficient (Wildman–Crippen LogP) is -2.52. The van der Waals surface area contributed by atoms with E-state index in [0.29, 0.717) is 25.7 Å². The molecule has 69 heavy (non-hydrogen) atoms. The number of aliphatic hydroxyl groups is 13. The Balaban J connectivity index is 1.27. The monoisotopic (exact) mass is 991 g/mol. The number of carboxylic acid groups (broad SMARTS) is 1. The largest absolute Gasteiger partial charge is 0.481 e. The summed E-state index contributed by atoms with van der Waals surface area (Å²) in [5.41, 5.74) is -3.89. The molecule has 28 atom stereocenters. The summed E-state index contributed by atoms with van der Waals surface area (Å²) in [5, 5.41) is 153. The zero-order chi connectivity index (χ0) is 50.7. The van der Waals surface area contributed by atoms with Crippen LogP contribution in [0.2, 0.25) is 0 Å². The summed E-state index contributed by atoms with van der Waals surface area (Å²) in [4.78, 5) is 13.4. The minimum atomic E-state index is -1.95. The van der Waals surface area contributed by atoms with Gasteiger partial charge in [0, 0.05) is 11.3 Å². The topological polar surface area (TPSA) is 356 Å². The number of aliphatic hydroxyl groups excluding tert-OH is 13. The van der Waals surface area contributed by atoms with Crippen LogP contribution in [0.3, 0.4) is 0 Å². The fraction of sp³-hybridized carbons (Fsp3) is 0.938. The highest BCUT2D eigenvalue weighted by Crippen LogP contribution is 2.76. The van der Waals surface area contributed by atoms with Crippen molar-refractivity contribution in [3.05, 3.63) is 11.6 Å². The van der Waals surface area contributed by atoms with Crippen molar-refractivity contribution < 1.29 is 105 Å². The lowest BCUT2D eigenvalue weighted by Crippen LogP contribution is -2.73. The van der Waals surface area contributed by atoms with E-state index in [1.54, 1.807) is 6.92 Å². The molecule has 5 aliphatic carbocycles. The molecule has 3 heterocycles. The molecule has 0 aromatic rings. The first-order chi connectivity index (χ1) is 32.3. The van der Waals surface area contributed by atoms with Gasteiger partial charge in [0.05, 0.1) is 50.2 Å². The van der Waals surface area contributed by atoms with Crippen LogP contribution in [0.4, 0.5) is 0 Å². The van der Waals surface area contributed by atoms with Crippen molar-refractivity contribution in [2.24, 2.45) is 56.7 Å². The van der Waals surface area contributed by atoms with Crippen LogP contribution in [0, 0.1) is 56.7 Å². The van der Waals surface area contributed by atoms with Gasteiger partial charge in [-0.2, -0.15) is 0 Å². The van der Waals surface area contributed by atoms with E-state index in [1.165, 1.54) is 0 Å². The third-order valence-corrected chi connectivity index (χ3v) is 19.7. The smallest absolute Gasteiger partial charge is 0.310 e. The van der Waals surface area contributed by atoms with Crippen LogP contribution in [0.1, 0.15) is 86.5 Å². The number of aliphatic carboxylic acids is 1. The summed E-state index contributed by atoms with van der Waals surface area (Å²) in [6.07, 6.45) is -24.9. The van der Waals surface area contributed by atoms with Crippen LogP contribution in [0.25, 0.3) is 0 Å². The average molecular weight is 991 g/mol. The van der Waals surface area contributed by atoms with Gasteiger partial charge in [-0.1, -0.05) is 53.2 Å². The fourth-order valence-electron chi connectivity index (χ4n) is 15.6. The van der Waals surface area contributed by atoms with Gasteiger partial charge in [0.25, 0.3) is 0 Å². The van der Waals surface area contributed by atoms with Crippen LogP contribution in [0.5, 0.6) is 0 Å². The summed E-state index contributed by atoms with van der Waals surface area (Å²) < 4.78 is 37.4. The van der Waals surface area contributed by atoms with Gasteiger partial charge in [-0.05, 0) is 84.9 Å². The quantitative estimate of drug-likeness (QED) is 0.0750. The van der Waals surface area contributed by atoms with E-state index in [9.17, 15) is 76.3 Å². The number of hydrogen-bond donors (Lipinski definition) is 14. The Hall–Kier alpha value is -1.55. The number of carbonyl (C=O) groups is 1. The van der Waals surface area contributed by atoms with Crippen LogP contribution in [0.15, 0.2) is 11.6 Å². The lowest BCUT2D eigenvalue weighted by atomic mass is 9.32. The maximum atomic E-state index is 13.4. The molecule has 4 saturated carbocycles. The molecule has 21 heteroatoms. The third kappa shape index (κ3) is 8.20. The molecule has 0 aromatic carbocycles. The van der Waals surface area contributed by atoms with Gasteiger partial charge < -0.3 is 99.9 Å². The summed E-state index contributed by atoms with van der Waals surface area (Å²) in [6, 6.07) is 0. The Bertz CT molecular complexity index is 1870. The average Bonchev–Trinajstić information content (AvgIpc) is 3.30. The van der Waals surface area contributed by atoms with Crippen molar-refractivity contribution in [3.63, 3.8) is 0 Å². The molecular formula is C48H78O21. The number of hydrogen-bond acceptors (Lipinski definition) is 20. The van der Waals surface area contributed by atoms with E-state index in [1.807, 2.05) is 6.92 Å². The molecule has 0 bridgehead atoms. The first kappa shape index (κ1) is 53.7. The summed E-state index contributed by atoms with van der Waals surface area (Å²) in [6.45, 7) is 9.41. The van der Waals surface area contributed by atoms with Crippen LogP contribution >= 0.6 is 0 Å². The van der Waals surface area contributed by atoms with Crippen LogP contribution < -0.4 is 0 Å². The molecule has 21 nitrogen and oxygen atoms in total. The van der Waals surface area contributed by atoms with Gasteiger partial charge >= 0.3 is 5.97 Å². The van der Waals surface area contributed by atoms with E-state index in [-0.39, 0.29) is 36.5 Å². The molecule has 8 rings (SSSR count). The van der Waals surface area contributed by atoms with Crippen LogP contribution in [-0.4, -0.2) is 214 Å². The normalized spacial score (nSPS) is 56.5. The van der Waals surface area contributed by atoms with E-state index >= 15 is 0 Å². The molecule has 7 fully saturated rings. The van der Waals surface area contributed by atoms with Crippen molar-refractivity contribution in [2.45, 2.75) is 197 Å². The summed E-state index contributed by atoms with van der Waals surface area (Å²) in [5.74, 6) is -1.96. The van der Waals surface area contributed by atoms with Gasteiger partial charge in [0.15, 0.2) is 18.9 Å². The fourth-order valence-corrected chi connectivity index (χ4v) is 15.6. The molecular weight excluding hydrogens is 913 g/mol. The SMILES string of the molecule is C[C@H]1[C@H](C)CC[C@]2(C(=O)O)CC[C@]3(C)C(=CC[C@@H]4[C@@]5(C)C[C@@H](O[C@@H]6O[C@H](CO)[C@@H](O)[C@H](O)[C@H]6O)[C@H](O[C@@H]6O[C@H](CO)[C@@H](O)[C@H](O)[C@H]6O)[C@@](C)(CO[C@@H]6O[C@H](CO)[C@@H](O)[C@H](O)[C@H]6O)[C@@H]5[C@H](O)C[C@]43C)[C@H]12. The molecule has 0 spiro atoms. The highest BCUT2D eigenvalue weighted by Gasteiger charge is 2.74. The molecule has 0 amide bonds. The second-order valence-corrected chi connectivity index (χ2v) is 23.1. The van der Waals surface area contributed by atoms with Gasteiger partial charge in [0.2, 0.25) is 0 Å². The number of ether oxygens (including phenoxy) is 6. The number of fused-ring (bicyclic) bond motifs is 7. The number of carboxylic acids is 1. The van der Waals surface area contributed by atoms with E-state index in [4.69, 9.17) is 28.4 Å². The van der Waals surface area contributed by atoms with E-state index < -0.39 is 176 Å². The van der Waals surface area contributed by atoms with Crippen LogP contribution in [-0.2, 0) is 33.2 Å². The van der Waals surface area contributed by atoms with Crippen molar-refractivity contribution in [3.8, 4) is 0 Å². The highest BCUT2D eigenvalue weighted by molar-refractivity contribution is 5.76. The summed E-state index contributed by atoms with van der Waals surface area (Å²) in [7, 11) is 0. The van der Waals surface area contributed by atoms with Gasteiger partial charge in [0.1, 0.15) is 73.2 Å². The molecule has 396 valence electrons. The molecule has 14 N–H and O–H groups in total. The van der Waals surface area contributed by atoms with Crippen molar-refractivity contribution in [1.29, 1.82) is 0 Å². The molecule has 8 aliphatic rings. The molecule has 3 aliphatic heterocycles. The lowest BCUT2D eigenvalue weighted by Gasteiger charge is -2.73. The first-order valence-electron chi connectivity index (χ1n) is 24.8. The van der Waals surface area contributed by atoms with E-state index in [0.717, 1.165) is 12.0 Å². The third-order valence-electron chi connectivity index (χ3n) is 19.7. The van der Waals surface area contributed by atoms with E-state index in [2.05, 4.69) is 33.8 Å². The molecule has 0 radical (unpaired) electrons. The lowest BCUT2D eigenvalue weighted by molar-refractivity contribution is -0.381. The standard InChI is InChI=1S/C48H78O21/c1-19-9-10-48(43(62)63)12-11-46(5)21(28(48)20(19)2)7-8-27-44(3)14-23(65-41-36(60)33(57)30(54)25(16-50)67-41)39(69-42-37(61)34(58)31(55)26(17-51)68-42)45(4,38(44)22(52)13-47(27,46)6)18-64-40-35(59)32(56)29(53)24(15-49)66-40/h7,19-20,22-42,49-61H,8-18H2,1-6H3,(H,62,63)/t19-,20+,22-,23-,24-,25-,26-,27-,28+,29-,30-,31-,32+,33+,34+,35-,36-,37-,38-,39+,40-,41-,42+,44-,45+,46-,47-,48+/m1/s1. The molecule has 3 saturated heterocycles. The Kier molecular flexibility index (Phi) is 15.0. The Morgan fingerprint density at radius 1 is 0.667 bits per heavy atom. The summed E-state index contributed by atoms with van der Waals surface area (Å²) >= 11 is 0. The Morgan fingerprint density at radius 3 is 1.70 bits per heavy atom. The maximum absolute atomic E-state index is 13.4. The Labute approximate surface area is 401 Å². The number of rotatable bonds is 11. The molecule has 0 aromatic heterocycles. The van der Waals surface area contributed by atoms with Crippen molar-refractivity contribution in [2.75, 3.05) is 26.4 Å². The van der Waals surface area contributed by atoms with Crippen molar-refractivity contribution in [1.82, 2.24) is 0 Å². The minimum Gasteiger partial charge on any atom is -0.481 e. The predicted molar refractivity (Wildman–Crippen MR) is 235 cm³/mol. The zero-order valence-corrected chi connectivity index (χ0v) is 40.3.